The number of ether oxygens (including phenoxy) is 1. The Morgan fingerprint density at radius 2 is 2.27 bits per heavy atom. The normalized spacial score (nSPS) is 20.9. The number of aryl methyl sites for hydroxylation is 1. The first-order chi connectivity index (χ1) is 10.3. The van der Waals surface area contributed by atoms with Crippen molar-refractivity contribution in [3.8, 4) is 5.75 Å². The number of amides is 2. The van der Waals surface area contributed by atoms with Crippen molar-refractivity contribution in [2.45, 2.75) is 38.7 Å². The molecule has 0 aliphatic carbocycles. The Kier molecular flexibility index (Phi) is 3.36. The van der Waals surface area contributed by atoms with E-state index in [2.05, 4.69) is 16.7 Å². The molecule has 0 fully saturated rings. The van der Waals surface area contributed by atoms with Crippen LogP contribution in [0.5, 0.6) is 5.75 Å². The molecule has 0 aromatic heterocycles. The fraction of sp³-hybridized carbons (Fsp3) is 0.500. The Morgan fingerprint density at radius 3 is 2.95 bits per heavy atom. The smallest absolute Gasteiger partial charge is 0.234 e. The van der Waals surface area contributed by atoms with Crippen molar-refractivity contribution in [2.75, 3.05) is 18.4 Å². The summed E-state index contributed by atoms with van der Waals surface area (Å²) in [6.07, 6.45) is 0.598. The van der Waals surface area contributed by atoms with E-state index >= 15 is 0 Å². The molecule has 1 atom stereocenters. The number of hydrogen-bond donors (Lipinski definition) is 3. The molecule has 4 N–H and O–H groups in total. The van der Waals surface area contributed by atoms with Crippen LogP contribution in [0.3, 0.4) is 0 Å². The number of nitrogens with one attached hydrogen (secondary N) is 2. The molecule has 22 heavy (non-hydrogen) atoms. The molecule has 0 saturated heterocycles. The van der Waals surface area contributed by atoms with Crippen molar-refractivity contribution >= 4 is 17.5 Å². The maximum atomic E-state index is 12.2. The molecule has 2 heterocycles. The van der Waals surface area contributed by atoms with E-state index < -0.39 is 5.41 Å². The van der Waals surface area contributed by atoms with Crippen LogP contribution < -0.4 is 21.1 Å². The first kappa shape index (κ1) is 14.8. The van der Waals surface area contributed by atoms with Gasteiger partial charge in [0.2, 0.25) is 11.8 Å². The maximum Gasteiger partial charge on any atom is 0.234 e. The van der Waals surface area contributed by atoms with Gasteiger partial charge in [0, 0.05) is 12.0 Å². The number of carbonyl (C=O) groups is 2. The summed E-state index contributed by atoms with van der Waals surface area (Å²) in [5.41, 5.74) is 8.60. The van der Waals surface area contributed by atoms with Crippen LogP contribution in [-0.2, 0) is 21.4 Å². The summed E-state index contributed by atoms with van der Waals surface area (Å²) >= 11 is 0. The van der Waals surface area contributed by atoms with E-state index in [1.807, 2.05) is 20.8 Å². The quantitative estimate of drug-likeness (QED) is 0.762. The summed E-state index contributed by atoms with van der Waals surface area (Å²) in [5, 5.41) is 5.70. The number of carbonyl (C=O) groups excluding carboxylic acids is 2. The standard InChI is InChI=1S/C16H21N3O3/c1-8-4-9-5-10(7-18-11(20)6-17)22-14(9)12-13(8)19-15(21)16(12,2)3/h4,10H,5-7,17H2,1-3H3,(H,18,20)(H,19,21). The van der Waals surface area contributed by atoms with E-state index in [1.165, 1.54) is 0 Å². The molecule has 1 aromatic rings. The van der Waals surface area contributed by atoms with Crippen LogP contribution in [0.1, 0.15) is 30.5 Å². The first-order valence-electron chi connectivity index (χ1n) is 7.46. The van der Waals surface area contributed by atoms with Gasteiger partial charge in [-0.2, -0.15) is 0 Å². The predicted octanol–water partition coefficient (Wildman–Crippen LogP) is 0.603. The van der Waals surface area contributed by atoms with Gasteiger partial charge in [-0.1, -0.05) is 6.07 Å². The minimum atomic E-state index is -0.610. The van der Waals surface area contributed by atoms with Crippen LogP contribution in [0.2, 0.25) is 0 Å². The molecular weight excluding hydrogens is 282 g/mol. The highest BCUT2D eigenvalue weighted by molar-refractivity contribution is 6.07. The van der Waals surface area contributed by atoms with Gasteiger partial charge in [-0.3, -0.25) is 9.59 Å². The third-order valence-electron chi connectivity index (χ3n) is 4.43. The second-order valence-electron chi connectivity index (χ2n) is 6.46. The van der Waals surface area contributed by atoms with E-state index in [9.17, 15) is 9.59 Å². The predicted molar refractivity (Wildman–Crippen MR) is 83.0 cm³/mol. The maximum absolute atomic E-state index is 12.2. The van der Waals surface area contributed by atoms with Gasteiger partial charge in [0.1, 0.15) is 11.9 Å². The molecule has 0 spiro atoms. The molecule has 0 saturated carbocycles. The van der Waals surface area contributed by atoms with Crippen LogP contribution in [0.4, 0.5) is 5.69 Å². The van der Waals surface area contributed by atoms with Crippen LogP contribution in [0, 0.1) is 6.92 Å². The second kappa shape index (κ2) is 4.98. The van der Waals surface area contributed by atoms with Crippen molar-refractivity contribution in [1.29, 1.82) is 0 Å². The second-order valence-corrected chi connectivity index (χ2v) is 6.46. The number of rotatable bonds is 3. The Labute approximate surface area is 129 Å². The van der Waals surface area contributed by atoms with Gasteiger partial charge in [0.25, 0.3) is 0 Å². The lowest BCUT2D eigenvalue weighted by molar-refractivity contribution is -0.120. The average molecular weight is 303 g/mol. The summed E-state index contributed by atoms with van der Waals surface area (Å²) < 4.78 is 6.04. The largest absolute Gasteiger partial charge is 0.488 e. The van der Waals surface area contributed by atoms with Crippen LogP contribution in [0.15, 0.2) is 6.07 Å². The zero-order valence-electron chi connectivity index (χ0n) is 13.1. The number of hydrogen-bond acceptors (Lipinski definition) is 4. The molecule has 0 bridgehead atoms. The lowest BCUT2D eigenvalue weighted by Gasteiger charge is -2.19. The molecule has 3 rings (SSSR count). The fourth-order valence-electron chi connectivity index (χ4n) is 3.16. The van der Waals surface area contributed by atoms with Gasteiger partial charge in [0.05, 0.1) is 24.2 Å². The lowest BCUT2D eigenvalue weighted by Crippen LogP contribution is -2.37. The van der Waals surface area contributed by atoms with Gasteiger partial charge < -0.3 is 21.1 Å². The molecule has 2 aliphatic heterocycles. The summed E-state index contributed by atoms with van der Waals surface area (Å²) in [6, 6.07) is 2.06. The Hall–Kier alpha value is -2.08. The molecule has 1 aromatic carbocycles. The first-order valence-corrected chi connectivity index (χ1v) is 7.46. The van der Waals surface area contributed by atoms with Gasteiger partial charge >= 0.3 is 0 Å². The molecule has 118 valence electrons. The van der Waals surface area contributed by atoms with Crippen LogP contribution >= 0.6 is 0 Å². The monoisotopic (exact) mass is 303 g/mol. The third-order valence-corrected chi connectivity index (χ3v) is 4.43. The molecule has 6 heteroatoms. The topological polar surface area (TPSA) is 93.5 Å². The summed E-state index contributed by atoms with van der Waals surface area (Å²) in [5.74, 6) is 0.580. The van der Waals surface area contributed by atoms with Crippen molar-refractivity contribution in [2.24, 2.45) is 5.73 Å². The van der Waals surface area contributed by atoms with Crippen molar-refractivity contribution < 1.29 is 14.3 Å². The molecular formula is C16H21N3O3. The summed E-state index contributed by atoms with van der Waals surface area (Å²) in [6.45, 7) is 6.19. The third kappa shape index (κ3) is 2.14. The van der Waals surface area contributed by atoms with Crippen LogP contribution in [0.25, 0.3) is 0 Å². The highest BCUT2D eigenvalue weighted by atomic mass is 16.5. The Bertz CT molecular complexity index is 667. The van der Waals surface area contributed by atoms with Crippen molar-refractivity contribution in [3.63, 3.8) is 0 Å². The fourth-order valence-corrected chi connectivity index (χ4v) is 3.16. The lowest BCUT2D eigenvalue weighted by atomic mass is 9.83. The minimum absolute atomic E-state index is 0.0116. The molecule has 2 amide bonds. The van der Waals surface area contributed by atoms with Gasteiger partial charge in [-0.05, 0) is 31.9 Å². The molecule has 6 nitrogen and oxygen atoms in total. The zero-order chi connectivity index (χ0) is 16.1. The van der Waals surface area contributed by atoms with E-state index in [-0.39, 0.29) is 24.5 Å². The SMILES string of the molecule is Cc1cc2c(c3c1NC(=O)C3(C)C)OC(CNC(=O)CN)C2. The number of anilines is 1. The van der Waals surface area contributed by atoms with E-state index in [4.69, 9.17) is 10.5 Å². The molecule has 2 aliphatic rings. The van der Waals surface area contributed by atoms with Gasteiger partial charge in [-0.15, -0.1) is 0 Å². The number of fused-ring (bicyclic) bond motifs is 3. The van der Waals surface area contributed by atoms with E-state index in [1.54, 1.807) is 0 Å². The Balaban J connectivity index is 1.90. The van der Waals surface area contributed by atoms with E-state index in [0.29, 0.717) is 6.54 Å². The Morgan fingerprint density at radius 1 is 1.55 bits per heavy atom. The highest BCUT2D eigenvalue weighted by Crippen LogP contribution is 2.49. The summed E-state index contributed by atoms with van der Waals surface area (Å²) in [7, 11) is 0. The average Bonchev–Trinajstić information content (AvgIpc) is 2.96. The number of nitrogens with two attached hydrogens (primary N) is 1. The minimum Gasteiger partial charge on any atom is -0.488 e. The number of benzene rings is 1. The summed E-state index contributed by atoms with van der Waals surface area (Å²) in [4.78, 5) is 23.5. The zero-order valence-corrected chi connectivity index (χ0v) is 13.1. The van der Waals surface area contributed by atoms with E-state index in [0.717, 1.165) is 34.5 Å². The van der Waals surface area contributed by atoms with Gasteiger partial charge in [0.15, 0.2) is 0 Å². The van der Waals surface area contributed by atoms with Gasteiger partial charge in [-0.25, -0.2) is 0 Å². The molecule has 0 radical (unpaired) electrons. The van der Waals surface area contributed by atoms with Crippen molar-refractivity contribution in [3.05, 3.63) is 22.8 Å². The molecule has 1 unspecified atom stereocenters. The van der Waals surface area contributed by atoms with Crippen LogP contribution in [-0.4, -0.2) is 31.0 Å². The van der Waals surface area contributed by atoms with Crippen molar-refractivity contribution in [1.82, 2.24) is 5.32 Å². The highest BCUT2D eigenvalue weighted by Gasteiger charge is 2.44.